The smallest absolute Gasteiger partial charge is 0.338 e. The van der Waals surface area contributed by atoms with E-state index < -0.39 is 14.7 Å². The van der Waals surface area contributed by atoms with Crippen LogP contribution in [0.2, 0.25) is 0 Å². The predicted octanol–water partition coefficient (Wildman–Crippen LogP) is 1.05. The normalized spacial score (nSPS) is 12.1. The average molecular weight is 234 g/mol. The highest BCUT2D eigenvalue weighted by Gasteiger charge is 2.12. The molecule has 2 aromatic rings. The maximum atomic E-state index is 11.0. The lowest BCUT2D eigenvalue weighted by molar-refractivity contribution is 0.400. The zero-order chi connectivity index (χ0) is 10.3. The lowest BCUT2D eigenvalue weighted by atomic mass is 10.3. The highest BCUT2D eigenvalue weighted by molar-refractivity contribution is 8.13. The Hall–Kier alpha value is -1.27. The van der Waals surface area contributed by atoms with E-state index in [1.165, 1.54) is 18.2 Å². The third-order valence-corrected chi connectivity index (χ3v) is 3.10. The summed E-state index contributed by atoms with van der Waals surface area (Å²) in [6.45, 7) is 0. The Kier molecular flexibility index (Phi) is 1.90. The Morgan fingerprint density at radius 2 is 2.07 bits per heavy atom. The summed E-state index contributed by atoms with van der Waals surface area (Å²) in [6, 6.07) is 3.82. The van der Waals surface area contributed by atoms with E-state index >= 15 is 0 Å². The van der Waals surface area contributed by atoms with E-state index in [9.17, 15) is 13.2 Å². The Morgan fingerprint density at radius 1 is 1.36 bits per heavy atom. The second-order valence-corrected chi connectivity index (χ2v) is 5.20. The van der Waals surface area contributed by atoms with E-state index in [0.717, 1.165) is 0 Å². The number of aromatic amines is 1. The van der Waals surface area contributed by atoms with Crippen molar-refractivity contribution in [3.8, 4) is 0 Å². The van der Waals surface area contributed by atoms with Gasteiger partial charge in [0, 0.05) is 10.7 Å². The molecule has 5 nitrogen and oxygen atoms in total. The topological polar surface area (TPSA) is 80.1 Å². The van der Waals surface area contributed by atoms with Gasteiger partial charge in [0.05, 0.1) is 15.8 Å². The van der Waals surface area contributed by atoms with E-state index in [4.69, 9.17) is 10.7 Å². The first-order valence-corrected chi connectivity index (χ1v) is 5.85. The summed E-state index contributed by atoms with van der Waals surface area (Å²) in [5.41, 5.74) is -0.241. The van der Waals surface area contributed by atoms with Gasteiger partial charge in [-0.2, -0.15) is 0 Å². The second-order valence-electron chi connectivity index (χ2n) is 2.64. The van der Waals surface area contributed by atoms with Crippen LogP contribution in [0.5, 0.6) is 0 Å². The molecular weight excluding hydrogens is 230 g/mol. The maximum Gasteiger partial charge on any atom is 0.365 e. The molecule has 0 spiro atoms. The number of H-pyrrole nitrogens is 1. The minimum absolute atomic E-state index is 0.0799. The van der Waals surface area contributed by atoms with Crippen LogP contribution in [-0.4, -0.2) is 13.6 Å². The van der Waals surface area contributed by atoms with Gasteiger partial charge in [-0.05, 0) is 18.2 Å². The molecule has 0 aliphatic carbocycles. The van der Waals surface area contributed by atoms with Crippen molar-refractivity contribution in [2.24, 2.45) is 0 Å². The molecule has 74 valence electrons. The molecule has 0 aliphatic heterocycles. The molecule has 2 rings (SSSR count). The van der Waals surface area contributed by atoms with Crippen LogP contribution < -0.4 is 5.63 Å². The van der Waals surface area contributed by atoms with Crippen molar-refractivity contribution in [3.63, 3.8) is 0 Å². The number of fused-ring (bicyclic) bond motifs is 1. The molecule has 1 aromatic carbocycles. The molecule has 1 N–H and O–H groups in total. The molecule has 0 bridgehead atoms. The third kappa shape index (κ3) is 1.42. The molecule has 1 heterocycles. The van der Waals surface area contributed by atoms with Crippen molar-refractivity contribution in [1.82, 2.24) is 5.16 Å². The molecule has 0 saturated carbocycles. The highest BCUT2D eigenvalue weighted by Crippen LogP contribution is 2.18. The molecule has 0 amide bonds. The predicted molar refractivity (Wildman–Crippen MR) is 49.9 cm³/mol. The summed E-state index contributed by atoms with van der Waals surface area (Å²) in [6.07, 6.45) is 0. The standard InChI is InChI=1S/C7H4ClNO4S/c8-14(11,12)4-1-2-5-6(3-4)9-13-7(5)10/h1-3,9H. The number of halogens is 1. The van der Waals surface area contributed by atoms with Crippen LogP contribution in [0.1, 0.15) is 0 Å². The van der Waals surface area contributed by atoms with Crippen LogP contribution in [0.25, 0.3) is 10.9 Å². The molecule has 0 unspecified atom stereocenters. The number of rotatable bonds is 1. The fraction of sp³-hybridized carbons (Fsp3) is 0. The quantitative estimate of drug-likeness (QED) is 0.747. The number of aromatic nitrogens is 1. The molecule has 7 heteroatoms. The molecule has 0 fully saturated rings. The van der Waals surface area contributed by atoms with E-state index in [0.29, 0.717) is 5.52 Å². The van der Waals surface area contributed by atoms with Crippen LogP contribution in [0, 0.1) is 0 Å². The van der Waals surface area contributed by atoms with Gasteiger partial charge >= 0.3 is 5.63 Å². The largest absolute Gasteiger partial charge is 0.365 e. The Labute approximate surface area is 82.7 Å². The van der Waals surface area contributed by atoms with E-state index in [2.05, 4.69) is 9.68 Å². The first kappa shape index (κ1) is 9.29. The van der Waals surface area contributed by atoms with Crippen molar-refractivity contribution in [3.05, 3.63) is 28.6 Å². The van der Waals surface area contributed by atoms with Crippen LogP contribution in [0.4, 0.5) is 0 Å². The fourth-order valence-corrected chi connectivity index (χ4v) is 1.87. The van der Waals surface area contributed by atoms with Gasteiger partial charge in [-0.25, -0.2) is 18.4 Å². The minimum Gasteiger partial charge on any atom is -0.338 e. The molecule has 0 aliphatic rings. The summed E-state index contributed by atoms with van der Waals surface area (Å²) in [4.78, 5) is 10.9. The van der Waals surface area contributed by atoms with Crippen molar-refractivity contribution in [2.75, 3.05) is 0 Å². The molecular formula is C7H4ClNO4S. The average Bonchev–Trinajstić information content (AvgIpc) is 2.46. The first-order chi connectivity index (χ1) is 6.48. The number of hydrogen-bond donors (Lipinski definition) is 1. The summed E-state index contributed by atoms with van der Waals surface area (Å²) in [7, 11) is 1.34. The zero-order valence-electron chi connectivity index (χ0n) is 6.65. The van der Waals surface area contributed by atoms with Crippen LogP contribution >= 0.6 is 10.7 Å². The van der Waals surface area contributed by atoms with Gasteiger partial charge in [-0.3, -0.25) is 0 Å². The van der Waals surface area contributed by atoms with E-state index in [-0.39, 0.29) is 10.3 Å². The van der Waals surface area contributed by atoms with Crippen LogP contribution in [0.15, 0.2) is 32.4 Å². The third-order valence-electron chi connectivity index (χ3n) is 1.75. The summed E-state index contributed by atoms with van der Waals surface area (Å²) < 4.78 is 26.3. The van der Waals surface area contributed by atoms with E-state index in [1.807, 2.05) is 0 Å². The second kappa shape index (κ2) is 2.86. The lowest BCUT2D eigenvalue weighted by Gasteiger charge is -1.93. The zero-order valence-corrected chi connectivity index (χ0v) is 8.22. The van der Waals surface area contributed by atoms with Gasteiger partial charge < -0.3 is 4.52 Å². The first-order valence-electron chi connectivity index (χ1n) is 3.54. The maximum absolute atomic E-state index is 11.0. The number of benzene rings is 1. The Balaban J connectivity index is 2.82. The van der Waals surface area contributed by atoms with Gasteiger partial charge in [0.1, 0.15) is 0 Å². The van der Waals surface area contributed by atoms with Crippen molar-refractivity contribution in [1.29, 1.82) is 0 Å². The highest BCUT2D eigenvalue weighted by atomic mass is 35.7. The molecule has 0 atom stereocenters. The molecule has 14 heavy (non-hydrogen) atoms. The Bertz CT molecular complexity index is 639. The lowest BCUT2D eigenvalue weighted by Crippen LogP contribution is -1.93. The van der Waals surface area contributed by atoms with Gasteiger partial charge in [0.25, 0.3) is 9.05 Å². The SMILES string of the molecule is O=c1o[nH]c2cc(S(=O)(=O)Cl)ccc12. The van der Waals surface area contributed by atoms with Gasteiger partial charge in [0.2, 0.25) is 0 Å². The van der Waals surface area contributed by atoms with Crippen LogP contribution in [0.3, 0.4) is 0 Å². The van der Waals surface area contributed by atoms with Crippen LogP contribution in [-0.2, 0) is 9.05 Å². The summed E-state index contributed by atoms with van der Waals surface area (Å²) >= 11 is 0. The van der Waals surface area contributed by atoms with Gasteiger partial charge in [0.15, 0.2) is 0 Å². The molecule has 0 radical (unpaired) electrons. The minimum atomic E-state index is -3.78. The summed E-state index contributed by atoms with van der Waals surface area (Å²) in [5.74, 6) is 0. The van der Waals surface area contributed by atoms with Gasteiger partial charge in [-0.1, -0.05) is 0 Å². The summed E-state index contributed by atoms with van der Waals surface area (Å²) in [5, 5.41) is 2.58. The van der Waals surface area contributed by atoms with Crippen molar-refractivity contribution in [2.45, 2.75) is 4.90 Å². The van der Waals surface area contributed by atoms with E-state index in [1.54, 1.807) is 0 Å². The molecule has 1 aromatic heterocycles. The molecule has 0 saturated heterocycles. The number of nitrogens with one attached hydrogen (secondary N) is 1. The number of hydrogen-bond acceptors (Lipinski definition) is 4. The monoisotopic (exact) mass is 233 g/mol. The van der Waals surface area contributed by atoms with Crippen molar-refractivity contribution >= 4 is 30.6 Å². The van der Waals surface area contributed by atoms with Gasteiger partial charge in [-0.15, -0.1) is 0 Å². The van der Waals surface area contributed by atoms with Crippen molar-refractivity contribution < 1.29 is 12.9 Å². The fourth-order valence-electron chi connectivity index (χ4n) is 1.09. The Morgan fingerprint density at radius 3 is 2.71 bits per heavy atom.